The van der Waals surface area contributed by atoms with E-state index in [0.29, 0.717) is 12.8 Å². The first-order chi connectivity index (χ1) is 17.3. The van der Waals surface area contributed by atoms with Crippen LogP contribution in [0.3, 0.4) is 0 Å². The zero-order valence-electron chi connectivity index (χ0n) is 23.4. The molecule has 0 aliphatic carbocycles. The summed E-state index contributed by atoms with van der Waals surface area (Å²) in [5, 5.41) is 13.2. The second kappa shape index (κ2) is 24.4. The molecule has 1 amide bonds. The summed E-state index contributed by atoms with van der Waals surface area (Å²) in [5.41, 5.74) is 0. The molecule has 0 saturated heterocycles. The Morgan fingerprint density at radius 1 is 0.722 bits per heavy atom. The normalized spacial score (nSPS) is 13.8. The number of hydrogen-bond donors (Lipinski definition) is 3. The summed E-state index contributed by atoms with van der Waals surface area (Å²) in [6.45, 7) is 4.43. The fraction of sp³-hybridized carbons (Fsp3) is 0.897. The minimum absolute atomic E-state index is 0.259. The number of carbonyl (C=O) groups is 1. The molecular formula is C29H57NO5S. The summed E-state index contributed by atoms with van der Waals surface area (Å²) in [6.07, 6.45) is 25.9. The molecule has 0 rings (SSSR count). The van der Waals surface area contributed by atoms with Crippen LogP contribution in [-0.2, 0) is 14.9 Å². The molecule has 0 aliphatic rings. The second-order valence-corrected chi connectivity index (χ2v) is 11.9. The highest BCUT2D eigenvalue weighted by atomic mass is 32.2. The largest absolute Gasteiger partial charge is 0.391 e. The van der Waals surface area contributed by atoms with Crippen LogP contribution in [0.2, 0.25) is 0 Å². The quantitative estimate of drug-likeness (QED) is 0.0609. The molecule has 0 fully saturated rings. The first-order valence-electron chi connectivity index (χ1n) is 14.9. The van der Waals surface area contributed by atoms with E-state index < -0.39 is 28.0 Å². The van der Waals surface area contributed by atoms with Gasteiger partial charge in [-0.05, 0) is 38.5 Å². The summed E-state index contributed by atoms with van der Waals surface area (Å²) in [6, 6.07) is -0.967. The predicted octanol–water partition coefficient (Wildman–Crippen LogP) is 7.51. The van der Waals surface area contributed by atoms with E-state index in [-0.39, 0.29) is 5.91 Å². The van der Waals surface area contributed by atoms with Crippen molar-refractivity contribution in [1.82, 2.24) is 5.32 Å². The van der Waals surface area contributed by atoms with Crippen molar-refractivity contribution in [3.8, 4) is 0 Å². The SMILES string of the molecule is CCCCC/C=C\CCCCCCCC(=O)NC(CS(=O)(=O)O)C(O)CCCCCCCCCCC. The number of unbranched alkanes of at least 4 members (excludes halogenated alkanes) is 16. The molecule has 0 aliphatic heterocycles. The van der Waals surface area contributed by atoms with E-state index in [1.54, 1.807) is 0 Å². The number of carbonyl (C=O) groups excluding carboxylic acids is 1. The van der Waals surface area contributed by atoms with E-state index >= 15 is 0 Å². The number of amides is 1. The minimum Gasteiger partial charge on any atom is -0.391 e. The van der Waals surface area contributed by atoms with Crippen molar-refractivity contribution in [3.63, 3.8) is 0 Å². The van der Waals surface area contributed by atoms with Crippen LogP contribution in [-0.4, -0.2) is 41.9 Å². The average molecular weight is 532 g/mol. The predicted molar refractivity (Wildman–Crippen MR) is 152 cm³/mol. The lowest BCUT2D eigenvalue weighted by Gasteiger charge is -2.23. The van der Waals surface area contributed by atoms with Gasteiger partial charge in [0.15, 0.2) is 0 Å². The van der Waals surface area contributed by atoms with Crippen molar-refractivity contribution >= 4 is 16.0 Å². The van der Waals surface area contributed by atoms with Gasteiger partial charge >= 0.3 is 0 Å². The van der Waals surface area contributed by atoms with E-state index in [4.69, 9.17) is 0 Å². The molecule has 214 valence electrons. The molecule has 0 aromatic heterocycles. The van der Waals surface area contributed by atoms with Crippen LogP contribution >= 0.6 is 0 Å². The number of aliphatic hydroxyl groups excluding tert-OH is 1. The Hall–Kier alpha value is -0.920. The van der Waals surface area contributed by atoms with Crippen molar-refractivity contribution in [2.75, 3.05) is 5.75 Å². The first-order valence-corrected chi connectivity index (χ1v) is 16.5. The maximum absolute atomic E-state index is 12.3. The topological polar surface area (TPSA) is 104 Å². The molecule has 36 heavy (non-hydrogen) atoms. The van der Waals surface area contributed by atoms with Gasteiger partial charge in [0.2, 0.25) is 5.91 Å². The summed E-state index contributed by atoms with van der Waals surface area (Å²) < 4.78 is 32.1. The van der Waals surface area contributed by atoms with Gasteiger partial charge in [-0.25, -0.2) is 0 Å². The van der Waals surface area contributed by atoms with Gasteiger partial charge < -0.3 is 10.4 Å². The van der Waals surface area contributed by atoms with Gasteiger partial charge in [0.1, 0.15) is 0 Å². The monoisotopic (exact) mass is 531 g/mol. The molecule has 7 heteroatoms. The third kappa shape index (κ3) is 24.8. The van der Waals surface area contributed by atoms with Crippen LogP contribution in [0.5, 0.6) is 0 Å². The lowest BCUT2D eigenvalue weighted by atomic mass is 10.0. The molecule has 0 heterocycles. The van der Waals surface area contributed by atoms with Crippen LogP contribution in [0, 0.1) is 0 Å². The van der Waals surface area contributed by atoms with Gasteiger partial charge in [-0.3, -0.25) is 9.35 Å². The van der Waals surface area contributed by atoms with Gasteiger partial charge in [0, 0.05) is 6.42 Å². The molecule has 0 bridgehead atoms. The third-order valence-electron chi connectivity index (χ3n) is 6.72. The molecule has 6 nitrogen and oxygen atoms in total. The van der Waals surface area contributed by atoms with E-state index in [9.17, 15) is 22.9 Å². The van der Waals surface area contributed by atoms with E-state index in [1.807, 2.05) is 0 Å². The third-order valence-corrected chi connectivity index (χ3v) is 7.50. The van der Waals surface area contributed by atoms with Crippen LogP contribution in [0.15, 0.2) is 12.2 Å². The Balaban J connectivity index is 4.05. The zero-order chi connectivity index (χ0) is 26.9. The number of rotatable bonds is 26. The van der Waals surface area contributed by atoms with E-state index in [2.05, 4.69) is 31.3 Å². The van der Waals surface area contributed by atoms with Crippen molar-refractivity contribution in [1.29, 1.82) is 0 Å². The maximum Gasteiger partial charge on any atom is 0.266 e. The Morgan fingerprint density at radius 3 is 1.72 bits per heavy atom. The van der Waals surface area contributed by atoms with Crippen LogP contribution in [0.4, 0.5) is 0 Å². The number of allylic oxidation sites excluding steroid dienone is 2. The molecule has 3 N–H and O–H groups in total. The molecule has 0 aromatic rings. The average Bonchev–Trinajstić information content (AvgIpc) is 2.82. The fourth-order valence-corrected chi connectivity index (χ4v) is 5.21. The number of hydrogen-bond acceptors (Lipinski definition) is 4. The number of nitrogens with one attached hydrogen (secondary N) is 1. The summed E-state index contributed by atoms with van der Waals surface area (Å²) in [5.74, 6) is -0.909. The van der Waals surface area contributed by atoms with Gasteiger partial charge in [-0.1, -0.05) is 116 Å². The molecule has 0 radical (unpaired) electrons. The molecular weight excluding hydrogens is 474 g/mol. The summed E-state index contributed by atoms with van der Waals surface area (Å²) in [7, 11) is -4.29. The van der Waals surface area contributed by atoms with Crippen molar-refractivity contribution < 1.29 is 22.9 Å². The Labute approximate surface area is 222 Å². The molecule has 2 unspecified atom stereocenters. The standard InChI is InChI=1S/C29H57NO5S/c1-3-5-7-9-11-13-14-15-17-19-21-23-25-29(32)30-27(26-36(33,34)35)28(31)24-22-20-18-16-12-10-8-6-4-2/h11,13,27-28,31H,3-10,12,14-26H2,1-2H3,(H,30,32)(H,33,34,35)/b13-11-. The van der Waals surface area contributed by atoms with Crippen LogP contribution in [0.25, 0.3) is 0 Å². The lowest BCUT2D eigenvalue weighted by Crippen LogP contribution is -2.47. The highest BCUT2D eigenvalue weighted by Gasteiger charge is 2.26. The highest BCUT2D eigenvalue weighted by molar-refractivity contribution is 7.85. The minimum atomic E-state index is -4.29. The Morgan fingerprint density at radius 2 is 1.17 bits per heavy atom. The number of aliphatic hydroxyl groups is 1. The highest BCUT2D eigenvalue weighted by Crippen LogP contribution is 2.14. The smallest absolute Gasteiger partial charge is 0.266 e. The molecule has 2 atom stereocenters. The van der Waals surface area contributed by atoms with Gasteiger partial charge in [-0.2, -0.15) is 8.42 Å². The van der Waals surface area contributed by atoms with Crippen LogP contribution < -0.4 is 5.32 Å². The van der Waals surface area contributed by atoms with Gasteiger partial charge in [0.05, 0.1) is 17.9 Å². The summed E-state index contributed by atoms with van der Waals surface area (Å²) in [4.78, 5) is 12.3. The van der Waals surface area contributed by atoms with Crippen molar-refractivity contribution in [2.24, 2.45) is 0 Å². The first kappa shape index (κ1) is 35.1. The van der Waals surface area contributed by atoms with Gasteiger partial charge in [0.25, 0.3) is 10.1 Å². The fourth-order valence-electron chi connectivity index (χ4n) is 4.45. The molecule has 0 saturated carbocycles. The lowest BCUT2D eigenvalue weighted by molar-refractivity contribution is -0.122. The van der Waals surface area contributed by atoms with Crippen molar-refractivity contribution in [2.45, 2.75) is 161 Å². The van der Waals surface area contributed by atoms with Gasteiger partial charge in [-0.15, -0.1) is 0 Å². The molecule has 0 aromatic carbocycles. The second-order valence-electron chi connectivity index (χ2n) is 10.4. The van der Waals surface area contributed by atoms with E-state index in [1.165, 1.54) is 64.2 Å². The zero-order valence-corrected chi connectivity index (χ0v) is 24.2. The Bertz CT molecular complexity index is 636. The molecule has 0 spiro atoms. The van der Waals surface area contributed by atoms with E-state index in [0.717, 1.165) is 57.8 Å². The van der Waals surface area contributed by atoms with Crippen LogP contribution in [0.1, 0.15) is 149 Å². The summed E-state index contributed by atoms with van der Waals surface area (Å²) >= 11 is 0. The maximum atomic E-state index is 12.3. The Kier molecular flexibility index (Phi) is 23.8. The van der Waals surface area contributed by atoms with Crippen molar-refractivity contribution in [3.05, 3.63) is 12.2 Å².